The quantitative estimate of drug-likeness (QED) is 0.408. The zero-order valence-corrected chi connectivity index (χ0v) is 22.5. The molecule has 0 bridgehead atoms. The molecule has 2 N–H and O–H groups in total. The van der Waals surface area contributed by atoms with Crippen LogP contribution in [0.2, 0.25) is 0 Å². The zero-order chi connectivity index (χ0) is 28.8. The third-order valence-electron chi connectivity index (χ3n) is 7.39. The Labute approximate surface area is 220 Å². The van der Waals surface area contributed by atoms with Gasteiger partial charge in [0.25, 0.3) is 0 Å². The molecule has 216 valence electrons. The van der Waals surface area contributed by atoms with Gasteiger partial charge in [0, 0.05) is 26.7 Å². The van der Waals surface area contributed by atoms with Crippen molar-refractivity contribution in [3.8, 4) is 0 Å². The molecule has 2 rings (SSSR count). The lowest BCUT2D eigenvalue weighted by Crippen LogP contribution is -2.65. The van der Waals surface area contributed by atoms with E-state index in [0.29, 0.717) is 37.3 Å². The number of alkyl halides is 3. The molecule has 0 radical (unpaired) electrons. The van der Waals surface area contributed by atoms with Gasteiger partial charge in [-0.2, -0.15) is 13.2 Å². The van der Waals surface area contributed by atoms with Gasteiger partial charge < -0.3 is 25.1 Å². The third-order valence-corrected chi connectivity index (χ3v) is 7.39. The Hall–Kier alpha value is -2.86. The van der Waals surface area contributed by atoms with E-state index < -0.39 is 65.7 Å². The van der Waals surface area contributed by atoms with Crippen LogP contribution in [0.5, 0.6) is 0 Å². The number of carbonyl (C=O) groups excluding carboxylic acids is 4. The maximum absolute atomic E-state index is 14.0. The largest absolute Gasteiger partial charge is 0.481 e. The highest BCUT2D eigenvalue weighted by Crippen LogP contribution is 2.39. The summed E-state index contributed by atoms with van der Waals surface area (Å²) in [5, 5.41) is 11.9. The van der Waals surface area contributed by atoms with Gasteiger partial charge in [0.15, 0.2) is 0 Å². The summed E-state index contributed by atoms with van der Waals surface area (Å²) in [5.74, 6) is -6.00. The van der Waals surface area contributed by atoms with Crippen LogP contribution in [0.3, 0.4) is 0 Å². The number of carbonyl (C=O) groups is 5. The van der Waals surface area contributed by atoms with Gasteiger partial charge in [0.05, 0.1) is 6.42 Å². The minimum Gasteiger partial charge on any atom is -0.481 e. The van der Waals surface area contributed by atoms with Crippen LogP contribution in [0, 0.1) is 5.92 Å². The molecule has 2 aliphatic rings. The van der Waals surface area contributed by atoms with Gasteiger partial charge in [0.1, 0.15) is 17.6 Å². The maximum atomic E-state index is 14.0. The van der Waals surface area contributed by atoms with E-state index in [1.54, 1.807) is 20.8 Å². The Bertz CT molecular complexity index is 898. The van der Waals surface area contributed by atoms with Crippen molar-refractivity contribution in [1.82, 2.24) is 20.0 Å². The van der Waals surface area contributed by atoms with Crippen LogP contribution in [-0.2, 0) is 24.0 Å². The molecule has 10 nitrogen and oxygen atoms in total. The number of hydrogen-bond acceptors (Lipinski definition) is 5. The predicted octanol–water partition coefficient (Wildman–Crippen LogP) is 2.17. The molecule has 1 saturated carbocycles. The van der Waals surface area contributed by atoms with E-state index in [-0.39, 0.29) is 19.4 Å². The van der Waals surface area contributed by atoms with E-state index in [2.05, 4.69) is 5.32 Å². The van der Waals surface area contributed by atoms with E-state index >= 15 is 0 Å². The molecule has 2 atom stereocenters. The number of nitrogens with one attached hydrogen (secondary N) is 1. The van der Waals surface area contributed by atoms with E-state index in [9.17, 15) is 42.3 Å². The molecule has 13 heteroatoms. The Morgan fingerprint density at radius 2 is 1.58 bits per heavy atom. The Morgan fingerprint density at radius 1 is 1.03 bits per heavy atom. The van der Waals surface area contributed by atoms with Crippen molar-refractivity contribution < 1.29 is 42.3 Å². The molecule has 0 aromatic rings. The summed E-state index contributed by atoms with van der Waals surface area (Å²) in [6, 6.07) is -2.55. The van der Waals surface area contributed by atoms with Gasteiger partial charge >= 0.3 is 18.1 Å². The van der Waals surface area contributed by atoms with Crippen LogP contribution in [0.4, 0.5) is 13.2 Å². The number of rotatable bonds is 11. The van der Waals surface area contributed by atoms with Crippen molar-refractivity contribution >= 4 is 29.6 Å². The number of likely N-dealkylation sites (tertiary alicyclic amines) is 1. The standard InChI is InChI=1S/C25H39F3N4O6/c1-5-12-32(22(37)24(10-6-7-11-24)30(4)23(38)25(26,27)28)19(16(2)3)20(35)29-17(15-18(33)34)21(36)31-13-8-9-14-31/h16-17,19H,5-15H2,1-4H3,(H,29,35)(H,33,34)/t17-,19?/m0/s1. The summed E-state index contributed by atoms with van der Waals surface area (Å²) >= 11 is 0. The number of carboxylic acids is 1. The first-order chi connectivity index (χ1) is 17.7. The highest BCUT2D eigenvalue weighted by molar-refractivity contribution is 5.97. The molecule has 2 fully saturated rings. The zero-order valence-electron chi connectivity index (χ0n) is 22.5. The fourth-order valence-corrected chi connectivity index (χ4v) is 5.51. The first-order valence-electron chi connectivity index (χ1n) is 13.1. The summed E-state index contributed by atoms with van der Waals surface area (Å²) in [4.78, 5) is 67.4. The van der Waals surface area contributed by atoms with Crippen molar-refractivity contribution in [1.29, 1.82) is 0 Å². The summed E-state index contributed by atoms with van der Waals surface area (Å²) in [6.07, 6.45) is -3.01. The number of amides is 4. The first kappa shape index (κ1) is 31.4. The molecule has 4 amide bonds. The van der Waals surface area contributed by atoms with Gasteiger partial charge in [-0.1, -0.05) is 33.6 Å². The van der Waals surface area contributed by atoms with Crippen LogP contribution in [0.25, 0.3) is 0 Å². The Kier molecular flexibility index (Phi) is 10.6. The lowest BCUT2D eigenvalue weighted by Gasteiger charge is -2.44. The highest BCUT2D eigenvalue weighted by Gasteiger charge is 2.55. The highest BCUT2D eigenvalue weighted by atomic mass is 19.4. The van der Waals surface area contributed by atoms with E-state index in [4.69, 9.17) is 0 Å². The monoisotopic (exact) mass is 548 g/mol. The fourth-order valence-electron chi connectivity index (χ4n) is 5.51. The van der Waals surface area contributed by atoms with Crippen LogP contribution in [0.1, 0.15) is 72.1 Å². The van der Waals surface area contributed by atoms with Crippen molar-refractivity contribution in [2.45, 2.75) is 95.9 Å². The van der Waals surface area contributed by atoms with Gasteiger partial charge in [-0.15, -0.1) is 0 Å². The molecular formula is C25H39F3N4O6. The average molecular weight is 549 g/mol. The molecular weight excluding hydrogens is 509 g/mol. The second-order valence-electron chi connectivity index (χ2n) is 10.5. The van der Waals surface area contributed by atoms with Crippen molar-refractivity contribution in [2.75, 3.05) is 26.7 Å². The summed E-state index contributed by atoms with van der Waals surface area (Å²) in [7, 11) is 0.964. The van der Waals surface area contributed by atoms with Gasteiger partial charge in [-0.25, -0.2) is 0 Å². The summed E-state index contributed by atoms with van der Waals surface area (Å²) < 4.78 is 40.0. The van der Waals surface area contributed by atoms with Crippen LogP contribution in [0.15, 0.2) is 0 Å². The minimum atomic E-state index is -5.17. The molecule has 0 aromatic heterocycles. The third kappa shape index (κ3) is 6.96. The fraction of sp³-hybridized carbons (Fsp3) is 0.800. The number of aliphatic carboxylic acids is 1. The lowest BCUT2D eigenvalue weighted by atomic mass is 9.90. The van der Waals surface area contributed by atoms with Crippen molar-refractivity contribution in [3.05, 3.63) is 0 Å². The summed E-state index contributed by atoms with van der Waals surface area (Å²) in [6.45, 7) is 5.96. The average Bonchev–Trinajstić information content (AvgIpc) is 3.53. The second-order valence-corrected chi connectivity index (χ2v) is 10.5. The number of hydrogen-bond donors (Lipinski definition) is 2. The van der Waals surface area contributed by atoms with Crippen LogP contribution >= 0.6 is 0 Å². The van der Waals surface area contributed by atoms with E-state index in [1.165, 1.54) is 9.80 Å². The molecule has 1 aliphatic heterocycles. The van der Waals surface area contributed by atoms with E-state index in [0.717, 1.165) is 19.9 Å². The maximum Gasteiger partial charge on any atom is 0.471 e. The molecule has 1 unspecified atom stereocenters. The molecule has 1 aliphatic carbocycles. The molecule has 1 heterocycles. The molecule has 38 heavy (non-hydrogen) atoms. The van der Waals surface area contributed by atoms with Crippen LogP contribution < -0.4 is 5.32 Å². The lowest BCUT2D eigenvalue weighted by molar-refractivity contribution is -0.192. The van der Waals surface area contributed by atoms with Crippen LogP contribution in [-0.4, -0.2) is 99.9 Å². The number of likely N-dealkylation sites (N-methyl/N-ethyl adjacent to an activating group) is 1. The molecule has 1 saturated heterocycles. The topological polar surface area (TPSA) is 127 Å². The first-order valence-corrected chi connectivity index (χ1v) is 13.1. The summed E-state index contributed by atoms with van der Waals surface area (Å²) in [5.41, 5.74) is -1.76. The minimum absolute atomic E-state index is 0.0197. The second kappa shape index (κ2) is 12.8. The predicted molar refractivity (Wildman–Crippen MR) is 131 cm³/mol. The molecule has 0 aromatic carbocycles. The van der Waals surface area contributed by atoms with Gasteiger partial charge in [-0.3, -0.25) is 24.0 Å². The number of carboxylic acid groups (broad SMARTS) is 1. The van der Waals surface area contributed by atoms with Gasteiger partial charge in [-0.05, 0) is 38.0 Å². The smallest absolute Gasteiger partial charge is 0.471 e. The molecule has 0 spiro atoms. The Balaban J connectivity index is 2.41. The number of nitrogens with zero attached hydrogens (tertiary/aromatic N) is 3. The van der Waals surface area contributed by atoms with Gasteiger partial charge in [0.2, 0.25) is 17.7 Å². The van der Waals surface area contributed by atoms with Crippen molar-refractivity contribution in [2.24, 2.45) is 5.92 Å². The normalized spacial score (nSPS) is 18.7. The number of halogens is 3. The van der Waals surface area contributed by atoms with Crippen molar-refractivity contribution in [3.63, 3.8) is 0 Å². The Morgan fingerprint density at radius 3 is 2.03 bits per heavy atom. The van der Waals surface area contributed by atoms with E-state index in [1.807, 2.05) is 0 Å². The SMILES string of the molecule is CCCN(C(=O)C1(N(C)C(=O)C(F)(F)F)CCCC1)C(C(=O)N[C@@H](CC(=O)O)C(=O)N1CCCC1)C(C)C.